The molecule has 1 unspecified atom stereocenters. The van der Waals surface area contributed by atoms with Crippen molar-refractivity contribution in [2.24, 2.45) is 0 Å². The number of rotatable bonds is 2. The summed E-state index contributed by atoms with van der Waals surface area (Å²) in [5, 5.41) is 0. The highest BCUT2D eigenvalue weighted by Crippen LogP contribution is 2.42. The number of imidazole rings is 1. The molecule has 2 aliphatic carbocycles. The third-order valence-corrected chi connectivity index (χ3v) is 4.73. The number of allylic oxidation sites excluding steroid dienone is 4. The normalized spacial score (nSPS) is 28.6. The second kappa shape index (κ2) is 4.05. The minimum Gasteiger partial charge on any atom is -0.306 e. The lowest BCUT2D eigenvalue weighted by molar-refractivity contribution is 0.250. The Morgan fingerprint density at radius 3 is 2.89 bits per heavy atom. The highest BCUT2D eigenvalue weighted by atomic mass is 79.9. The average molecular weight is 311 g/mol. The van der Waals surface area contributed by atoms with Gasteiger partial charge in [0, 0.05) is 28.7 Å². The van der Waals surface area contributed by atoms with E-state index in [1.54, 1.807) is 6.92 Å². The number of hydrogen-bond donors (Lipinski definition) is 0. The van der Waals surface area contributed by atoms with E-state index in [1.165, 1.54) is 12.8 Å². The van der Waals surface area contributed by atoms with E-state index in [1.807, 2.05) is 23.9 Å². The zero-order chi connectivity index (χ0) is 12.9. The fourth-order valence-corrected chi connectivity index (χ4v) is 2.78. The lowest BCUT2D eigenvalue weighted by atomic mass is 9.92. The van der Waals surface area contributed by atoms with Crippen LogP contribution in [0.1, 0.15) is 44.7 Å². The first-order valence-corrected chi connectivity index (χ1v) is 7.07. The summed E-state index contributed by atoms with van der Waals surface area (Å²) in [6, 6.07) is 0. The molecule has 1 aromatic heterocycles. The molecule has 0 bridgehead atoms. The molecule has 4 heteroatoms. The van der Waals surface area contributed by atoms with Gasteiger partial charge >= 0.3 is 0 Å². The molecule has 3 rings (SSSR count). The molecule has 1 saturated carbocycles. The monoisotopic (exact) mass is 310 g/mol. The van der Waals surface area contributed by atoms with Crippen LogP contribution in [-0.2, 0) is 0 Å². The maximum atomic E-state index is 14.2. The van der Waals surface area contributed by atoms with E-state index in [-0.39, 0.29) is 0 Å². The van der Waals surface area contributed by atoms with Gasteiger partial charge in [-0.05, 0) is 38.3 Å². The van der Waals surface area contributed by atoms with Crippen LogP contribution < -0.4 is 0 Å². The second-order valence-corrected chi connectivity index (χ2v) is 6.37. The number of nitrogens with zero attached hydrogens (tertiary/aromatic N) is 2. The molecular formula is C14H16BrFN2. The van der Waals surface area contributed by atoms with Gasteiger partial charge in [0.05, 0.1) is 12.0 Å². The lowest BCUT2D eigenvalue weighted by Gasteiger charge is -2.27. The summed E-state index contributed by atoms with van der Waals surface area (Å²) in [4.78, 5) is 4.44. The Balaban J connectivity index is 1.95. The van der Waals surface area contributed by atoms with Crippen molar-refractivity contribution in [2.45, 2.75) is 44.7 Å². The molecule has 1 fully saturated rings. The van der Waals surface area contributed by atoms with Crippen molar-refractivity contribution in [1.29, 1.82) is 0 Å². The van der Waals surface area contributed by atoms with Gasteiger partial charge in [-0.1, -0.05) is 15.9 Å². The van der Waals surface area contributed by atoms with Crippen LogP contribution in [0, 0.1) is 0 Å². The van der Waals surface area contributed by atoms with Crippen LogP contribution in [0.5, 0.6) is 0 Å². The first kappa shape index (κ1) is 12.2. The van der Waals surface area contributed by atoms with E-state index in [0.717, 1.165) is 17.0 Å². The quantitative estimate of drug-likeness (QED) is 0.791. The van der Waals surface area contributed by atoms with Crippen LogP contribution in [0.3, 0.4) is 0 Å². The largest absolute Gasteiger partial charge is 0.306 e. The SMILES string of the molecule is CC1=C(n2cnc(C3CC3)c2)C=C(Br)C(C)(F)C1. The first-order chi connectivity index (χ1) is 8.47. The lowest BCUT2D eigenvalue weighted by Crippen LogP contribution is -2.22. The summed E-state index contributed by atoms with van der Waals surface area (Å²) in [6.07, 6.45) is 8.71. The zero-order valence-corrected chi connectivity index (χ0v) is 12.2. The van der Waals surface area contributed by atoms with Crippen molar-refractivity contribution in [2.75, 3.05) is 0 Å². The van der Waals surface area contributed by atoms with Crippen molar-refractivity contribution in [3.63, 3.8) is 0 Å². The summed E-state index contributed by atoms with van der Waals surface area (Å²) >= 11 is 3.34. The summed E-state index contributed by atoms with van der Waals surface area (Å²) in [5.41, 5.74) is 1.97. The van der Waals surface area contributed by atoms with Crippen LogP contribution in [0.15, 0.2) is 28.7 Å². The van der Waals surface area contributed by atoms with Crippen molar-refractivity contribution in [1.82, 2.24) is 9.55 Å². The maximum Gasteiger partial charge on any atom is 0.143 e. The molecule has 0 radical (unpaired) electrons. The second-order valence-electron chi connectivity index (χ2n) is 5.51. The van der Waals surface area contributed by atoms with E-state index in [9.17, 15) is 4.39 Å². The van der Waals surface area contributed by atoms with Gasteiger partial charge in [0.25, 0.3) is 0 Å². The molecule has 2 aliphatic rings. The summed E-state index contributed by atoms with van der Waals surface area (Å²) in [7, 11) is 0. The Kier molecular flexibility index (Phi) is 2.73. The first-order valence-electron chi connectivity index (χ1n) is 6.28. The Labute approximate surface area is 115 Å². The Bertz CT molecular complexity index is 550. The van der Waals surface area contributed by atoms with E-state index in [4.69, 9.17) is 0 Å². The maximum absolute atomic E-state index is 14.2. The molecule has 2 nitrogen and oxygen atoms in total. The van der Waals surface area contributed by atoms with Crippen LogP contribution in [-0.4, -0.2) is 15.2 Å². The van der Waals surface area contributed by atoms with Gasteiger partial charge in [0.1, 0.15) is 5.67 Å². The van der Waals surface area contributed by atoms with Crippen molar-refractivity contribution in [3.05, 3.63) is 34.3 Å². The predicted octanol–water partition coefficient (Wildman–Crippen LogP) is 4.40. The fraction of sp³-hybridized carbons (Fsp3) is 0.500. The summed E-state index contributed by atoms with van der Waals surface area (Å²) in [5.74, 6) is 0.648. The average Bonchev–Trinajstić information content (AvgIpc) is 3.02. The third kappa shape index (κ3) is 2.07. The Hall–Kier alpha value is -0.900. The molecule has 0 aromatic carbocycles. The number of alkyl halides is 1. The van der Waals surface area contributed by atoms with Gasteiger partial charge in [-0.2, -0.15) is 0 Å². The molecule has 0 amide bonds. The van der Waals surface area contributed by atoms with Gasteiger partial charge in [-0.15, -0.1) is 0 Å². The van der Waals surface area contributed by atoms with Gasteiger partial charge < -0.3 is 4.57 Å². The predicted molar refractivity (Wildman–Crippen MR) is 74.2 cm³/mol. The molecule has 0 N–H and O–H groups in total. The van der Waals surface area contributed by atoms with Crippen molar-refractivity contribution < 1.29 is 4.39 Å². The zero-order valence-electron chi connectivity index (χ0n) is 10.6. The van der Waals surface area contributed by atoms with E-state index in [0.29, 0.717) is 16.8 Å². The van der Waals surface area contributed by atoms with Gasteiger partial charge in [-0.3, -0.25) is 0 Å². The molecule has 0 aliphatic heterocycles. The topological polar surface area (TPSA) is 17.8 Å². The summed E-state index contributed by atoms with van der Waals surface area (Å²) in [6.45, 7) is 3.59. The van der Waals surface area contributed by atoms with E-state index < -0.39 is 5.67 Å². The fourth-order valence-electron chi connectivity index (χ4n) is 2.42. The molecule has 1 heterocycles. The van der Waals surface area contributed by atoms with Gasteiger partial charge in [0.2, 0.25) is 0 Å². The number of hydrogen-bond acceptors (Lipinski definition) is 1. The molecule has 0 spiro atoms. The Morgan fingerprint density at radius 1 is 1.50 bits per heavy atom. The van der Waals surface area contributed by atoms with Crippen molar-refractivity contribution in [3.8, 4) is 0 Å². The molecule has 18 heavy (non-hydrogen) atoms. The highest BCUT2D eigenvalue weighted by Gasteiger charge is 2.32. The molecule has 96 valence electrons. The van der Waals surface area contributed by atoms with Crippen LogP contribution in [0.2, 0.25) is 0 Å². The molecular weight excluding hydrogens is 295 g/mol. The van der Waals surface area contributed by atoms with Crippen molar-refractivity contribution >= 4 is 21.6 Å². The third-order valence-electron chi connectivity index (χ3n) is 3.67. The van der Waals surface area contributed by atoms with Crippen LogP contribution in [0.25, 0.3) is 5.70 Å². The highest BCUT2D eigenvalue weighted by molar-refractivity contribution is 9.11. The molecule has 1 atom stereocenters. The van der Waals surface area contributed by atoms with Crippen LogP contribution in [0.4, 0.5) is 4.39 Å². The van der Waals surface area contributed by atoms with Crippen LogP contribution >= 0.6 is 15.9 Å². The standard InChI is InChI=1S/C14H16BrFN2/c1-9-6-14(2,16)13(15)5-12(9)18-7-11(17-8-18)10-3-4-10/h5,7-8,10H,3-4,6H2,1-2H3. The number of aromatic nitrogens is 2. The van der Waals surface area contributed by atoms with E-state index >= 15 is 0 Å². The molecule has 0 saturated heterocycles. The molecule has 1 aromatic rings. The van der Waals surface area contributed by atoms with Gasteiger partial charge in [-0.25, -0.2) is 9.37 Å². The minimum absolute atomic E-state index is 0.427. The van der Waals surface area contributed by atoms with E-state index in [2.05, 4.69) is 27.1 Å². The number of halogens is 2. The van der Waals surface area contributed by atoms with Gasteiger partial charge in [0.15, 0.2) is 0 Å². The smallest absolute Gasteiger partial charge is 0.143 e. The summed E-state index contributed by atoms with van der Waals surface area (Å²) < 4.78 is 16.8. The Morgan fingerprint density at radius 2 is 2.22 bits per heavy atom. The minimum atomic E-state index is -1.28.